The van der Waals surface area contributed by atoms with Gasteiger partial charge in [0.2, 0.25) is 10.0 Å². The zero-order chi connectivity index (χ0) is 24.0. The number of ketones is 1. The first-order valence-corrected chi connectivity index (χ1v) is 12.0. The Morgan fingerprint density at radius 2 is 1.88 bits per heavy atom. The summed E-state index contributed by atoms with van der Waals surface area (Å²) in [7, 11) is -3.40. The van der Waals surface area contributed by atoms with Crippen molar-refractivity contribution in [1.29, 1.82) is 5.26 Å². The summed E-state index contributed by atoms with van der Waals surface area (Å²) in [5.74, 6) is -1.01. The minimum atomic E-state index is -3.40. The van der Waals surface area contributed by atoms with Crippen LogP contribution in [-0.4, -0.2) is 49.9 Å². The van der Waals surface area contributed by atoms with Gasteiger partial charge in [0.05, 0.1) is 29.6 Å². The van der Waals surface area contributed by atoms with Crippen LogP contribution in [0.4, 0.5) is 10.5 Å². The van der Waals surface area contributed by atoms with Gasteiger partial charge in [-0.1, -0.05) is 12.1 Å². The standard InChI is InChI=1S/C23H22N4O5S/c1-3-33(31,32)27-11-10-16-12-17(6-9-19(16)27)20(28)14-26-21(29)23(2,25-22(26)30)18-7-4-15(13-24)5-8-18/h4-9,12H,3,10-11,14H2,1-2H3,(H,25,30)/t23-/m0/s1. The van der Waals surface area contributed by atoms with E-state index in [0.29, 0.717) is 35.3 Å². The number of benzene rings is 2. The molecule has 2 aromatic rings. The van der Waals surface area contributed by atoms with Crippen molar-refractivity contribution in [1.82, 2.24) is 10.2 Å². The molecule has 170 valence electrons. The number of sulfonamides is 1. The van der Waals surface area contributed by atoms with Crippen molar-refractivity contribution >= 4 is 33.4 Å². The fraction of sp³-hybridized carbons (Fsp3) is 0.304. The monoisotopic (exact) mass is 466 g/mol. The maximum absolute atomic E-state index is 13.1. The van der Waals surface area contributed by atoms with E-state index in [4.69, 9.17) is 5.26 Å². The summed E-state index contributed by atoms with van der Waals surface area (Å²) >= 11 is 0. The van der Waals surface area contributed by atoms with E-state index in [9.17, 15) is 22.8 Å². The van der Waals surface area contributed by atoms with Crippen LogP contribution in [0, 0.1) is 11.3 Å². The lowest BCUT2D eigenvalue weighted by atomic mass is 9.91. The Morgan fingerprint density at radius 1 is 1.18 bits per heavy atom. The maximum Gasteiger partial charge on any atom is 0.325 e. The Bertz CT molecular complexity index is 1310. The van der Waals surface area contributed by atoms with Crippen LogP contribution in [0.2, 0.25) is 0 Å². The van der Waals surface area contributed by atoms with E-state index in [-0.39, 0.29) is 5.75 Å². The maximum atomic E-state index is 13.1. The fourth-order valence-electron chi connectivity index (χ4n) is 4.14. The molecular formula is C23H22N4O5S. The van der Waals surface area contributed by atoms with Crippen molar-refractivity contribution in [3.05, 3.63) is 64.7 Å². The molecular weight excluding hydrogens is 444 g/mol. The second-order valence-corrected chi connectivity index (χ2v) is 10.3. The zero-order valence-electron chi connectivity index (χ0n) is 18.2. The summed E-state index contributed by atoms with van der Waals surface area (Å²) in [5, 5.41) is 11.6. The van der Waals surface area contributed by atoms with Gasteiger partial charge in [-0.25, -0.2) is 13.2 Å². The number of rotatable bonds is 6. The Hall–Kier alpha value is -3.71. The third kappa shape index (κ3) is 3.74. The molecule has 0 spiro atoms. The molecule has 0 unspecified atom stereocenters. The summed E-state index contributed by atoms with van der Waals surface area (Å²) in [6.45, 7) is 3.01. The van der Waals surface area contributed by atoms with E-state index in [1.807, 2.05) is 6.07 Å². The molecule has 1 saturated heterocycles. The number of Topliss-reactive ketones (excluding diaryl/α,β-unsaturated/α-hetero) is 1. The van der Waals surface area contributed by atoms with Crippen LogP contribution < -0.4 is 9.62 Å². The van der Waals surface area contributed by atoms with Gasteiger partial charge in [0.1, 0.15) is 5.54 Å². The molecule has 2 aromatic carbocycles. The molecule has 0 aromatic heterocycles. The molecule has 1 fully saturated rings. The predicted molar refractivity (Wildman–Crippen MR) is 120 cm³/mol. The van der Waals surface area contributed by atoms with E-state index < -0.39 is 39.8 Å². The number of carbonyl (C=O) groups excluding carboxylic acids is 3. The van der Waals surface area contributed by atoms with Gasteiger partial charge >= 0.3 is 6.03 Å². The Kier molecular flexibility index (Phi) is 5.46. The van der Waals surface area contributed by atoms with E-state index in [1.165, 1.54) is 10.4 Å². The van der Waals surface area contributed by atoms with Crippen molar-refractivity contribution in [2.75, 3.05) is 23.1 Å². The lowest BCUT2D eigenvalue weighted by molar-refractivity contribution is -0.130. The van der Waals surface area contributed by atoms with Crippen molar-refractivity contribution in [3.8, 4) is 6.07 Å². The van der Waals surface area contributed by atoms with Gasteiger partial charge in [0, 0.05) is 12.1 Å². The molecule has 3 amide bonds. The third-order valence-electron chi connectivity index (χ3n) is 6.12. The number of urea groups is 1. The average molecular weight is 467 g/mol. The lowest BCUT2D eigenvalue weighted by Gasteiger charge is -2.22. The molecule has 4 rings (SSSR count). The molecule has 1 atom stereocenters. The Labute approximate surface area is 191 Å². The molecule has 2 heterocycles. The molecule has 2 aliphatic rings. The highest BCUT2D eigenvalue weighted by molar-refractivity contribution is 7.92. The number of nitriles is 1. The number of carbonyl (C=O) groups is 3. The van der Waals surface area contributed by atoms with Crippen LogP contribution in [0.5, 0.6) is 0 Å². The average Bonchev–Trinajstić information content (AvgIpc) is 3.34. The number of hydrogen-bond acceptors (Lipinski definition) is 6. The van der Waals surface area contributed by atoms with E-state index in [1.54, 1.807) is 50.2 Å². The minimum Gasteiger partial charge on any atom is -0.319 e. The highest BCUT2D eigenvalue weighted by atomic mass is 32.2. The number of imide groups is 1. The highest BCUT2D eigenvalue weighted by Gasteiger charge is 2.49. The van der Waals surface area contributed by atoms with Crippen LogP contribution in [0.1, 0.15) is 40.9 Å². The summed E-state index contributed by atoms with van der Waals surface area (Å²) in [5.41, 5.74) is 1.17. The molecule has 0 bridgehead atoms. The van der Waals surface area contributed by atoms with Gasteiger partial charge in [0.15, 0.2) is 5.78 Å². The van der Waals surface area contributed by atoms with Crippen molar-refractivity contribution in [2.24, 2.45) is 0 Å². The molecule has 33 heavy (non-hydrogen) atoms. The third-order valence-corrected chi connectivity index (χ3v) is 7.90. The first-order valence-electron chi connectivity index (χ1n) is 10.4. The second kappa shape index (κ2) is 8.01. The van der Waals surface area contributed by atoms with Crippen LogP contribution in [-0.2, 0) is 26.8 Å². The van der Waals surface area contributed by atoms with Crippen molar-refractivity contribution < 1.29 is 22.8 Å². The van der Waals surface area contributed by atoms with E-state index in [0.717, 1.165) is 10.5 Å². The van der Waals surface area contributed by atoms with Crippen LogP contribution in [0.25, 0.3) is 0 Å². The summed E-state index contributed by atoms with van der Waals surface area (Å²) < 4.78 is 25.9. The summed E-state index contributed by atoms with van der Waals surface area (Å²) in [6.07, 6.45) is 0.482. The minimum absolute atomic E-state index is 0.0166. The molecule has 0 radical (unpaired) electrons. The topological polar surface area (TPSA) is 128 Å². The number of hydrogen-bond donors (Lipinski definition) is 1. The van der Waals surface area contributed by atoms with Crippen LogP contribution in [0.3, 0.4) is 0 Å². The predicted octanol–water partition coefficient (Wildman–Crippen LogP) is 1.92. The van der Waals surface area contributed by atoms with Gasteiger partial charge in [-0.05, 0) is 61.7 Å². The number of nitrogens with zero attached hydrogens (tertiary/aromatic N) is 3. The number of anilines is 1. The quantitative estimate of drug-likeness (QED) is 0.512. The molecule has 9 nitrogen and oxygen atoms in total. The Morgan fingerprint density at radius 3 is 2.52 bits per heavy atom. The van der Waals surface area contributed by atoms with Gasteiger partial charge in [-0.2, -0.15) is 5.26 Å². The molecule has 10 heteroatoms. The summed E-state index contributed by atoms with van der Waals surface area (Å²) in [4.78, 5) is 39.4. The Balaban J connectivity index is 1.54. The second-order valence-electron chi connectivity index (χ2n) is 8.12. The first-order chi connectivity index (χ1) is 15.6. The number of amides is 3. The van der Waals surface area contributed by atoms with Gasteiger partial charge in [-0.15, -0.1) is 0 Å². The molecule has 1 N–H and O–H groups in total. The van der Waals surface area contributed by atoms with Gasteiger partial charge in [0.25, 0.3) is 5.91 Å². The van der Waals surface area contributed by atoms with Crippen molar-refractivity contribution in [2.45, 2.75) is 25.8 Å². The fourth-order valence-corrected chi connectivity index (χ4v) is 5.30. The van der Waals surface area contributed by atoms with Gasteiger partial charge in [-0.3, -0.25) is 18.8 Å². The molecule has 2 aliphatic heterocycles. The normalized spacial score (nSPS) is 19.9. The molecule has 0 aliphatic carbocycles. The smallest absolute Gasteiger partial charge is 0.319 e. The summed E-state index contributed by atoms with van der Waals surface area (Å²) in [6, 6.07) is 12.4. The zero-order valence-corrected chi connectivity index (χ0v) is 19.0. The van der Waals surface area contributed by atoms with E-state index >= 15 is 0 Å². The number of nitrogens with one attached hydrogen (secondary N) is 1. The van der Waals surface area contributed by atoms with Crippen LogP contribution >= 0.6 is 0 Å². The lowest BCUT2D eigenvalue weighted by Crippen LogP contribution is -2.41. The largest absolute Gasteiger partial charge is 0.325 e. The first kappa shape index (κ1) is 22.5. The highest BCUT2D eigenvalue weighted by Crippen LogP contribution is 2.32. The van der Waals surface area contributed by atoms with Gasteiger partial charge < -0.3 is 5.32 Å². The van der Waals surface area contributed by atoms with Crippen LogP contribution in [0.15, 0.2) is 42.5 Å². The number of fused-ring (bicyclic) bond motifs is 1. The van der Waals surface area contributed by atoms with Crippen molar-refractivity contribution in [3.63, 3.8) is 0 Å². The SMILES string of the molecule is CCS(=O)(=O)N1CCc2cc(C(=O)CN3C(=O)N[C@@](C)(c4ccc(C#N)cc4)C3=O)ccc21. The van der Waals surface area contributed by atoms with E-state index in [2.05, 4.69) is 5.32 Å². The molecule has 0 saturated carbocycles.